The second kappa shape index (κ2) is 12.2. The molecular formula is C34H26Cl2N2O4S. The Morgan fingerprint density at radius 1 is 1.02 bits per heavy atom. The van der Waals surface area contributed by atoms with Gasteiger partial charge in [-0.15, -0.1) is 0 Å². The first-order chi connectivity index (χ1) is 20.9. The van der Waals surface area contributed by atoms with Gasteiger partial charge < -0.3 is 9.47 Å². The Hall–Kier alpha value is -4.17. The van der Waals surface area contributed by atoms with Crippen LogP contribution in [0.2, 0.25) is 10.0 Å². The van der Waals surface area contributed by atoms with Crippen molar-refractivity contribution in [3.8, 4) is 5.75 Å². The van der Waals surface area contributed by atoms with E-state index in [1.807, 2.05) is 61.5 Å². The van der Waals surface area contributed by atoms with Crippen LogP contribution in [0, 0.1) is 0 Å². The Kier molecular flexibility index (Phi) is 8.21. The summed E-state index contributed by atoms with van der Waals surface area (Å²) in [5.74, 6) is -0.108. The van der Waals surface area contributed by atoms with Crippen molar-refractivity contribution in [3.05, 3.63) is 143 Å². The van der Waals surface area contributed by atoms with Gasteiger partial charge >= 0.3 is 5.97 Å². The standard InChI is InChI=1S/C34H26Cl2N2O4S/c1-3-27-29(33(40)41-2)30(21-11-5-4-6-12-21)38-32(39)28(43-34(38)37-27)17-23-16-24(35)18-26(36)31(23)42-19-22-14-9-13-20-10-7-8-15-25(20)22/h4-18,30H,3,19H2,1-2H3/b28-17+/t30-/m0/s1. The number of methoxy groups -OCH3 is 1. The van der Waals surface area contributed by atoms with E-state index in [1.165, 1.54) is 18.4 Å². The van der Waals surface area contributed by atoms with E-state index in [2.05, 4.69) is 18.2 Å². The van der Waals surface area contributed by atoms with E-state index in [0.717, 1.165) is 21.9 Å². The molecule has 1 aromatic heterocycles. The molecule has 1 aliphatic rings. The smallest absolute Gasteiger partial charge is 0.338 e. The molecule has 0 aliphatic carbocycles. The largest absolute Gasteiger partial charge is 0.487 e. The summed E-state index contributed by atoms with van der Waals surface area (Å²) < 4.78 is 13.4. The average Bonchev–Trinajstić information content (AvgIpc) is 3.33. The van der Waals surface area contributed by atoms with Gasteiger partial charge in [-0.3, -0.25) is 9.36 Å². The molecule has 0 N–H and O–H groups in total. The third-order valence-electron chi connectivity index (χ3n) is 7.34. The van der Waals surface area contributed by atoms with Gasteiger partial charge in [0.2, 0.25) is 0 Å². The number of hydrogen-bond donors (Lipinski definition) is 0. The topological polar surface area (TPSA) is 69.9 Å². The monoisotopic (exact) mass is 628 g/mol. The minimum Gasteiger partial charge on any atom is -0.487 e. The van der Waals surface area contributed by atoms with Crippen LogP contribution < -0.4 is 19.6 Å². The Labute approximate surface area is 261 Å². The highest BCUT2D eigenvalue weighted by Crippen LogP contribution is 2.35. The van der Waals surface area contributed by atoms with Crippen LogP contribution in [0.4, 0.5) is 0 Å². The SMILES string of the molecule is CCC1=C(C(=O)OC)[C@H](c2ccccc2)n2c(s/c(=C/c3cc(Cl)cc(Cl)c3OCc3cccc4ccccc34)c2=O)=N1. The van der Waals surface area contributed by atoms with Crippen molar-refractivity contribution < 1.29 is 14.3 Å². The predicted molar refractivity (Wildman–Crippen MR) is 172 cm³/mol. The molecule has 216 valence electrons. The summed E-state index contributed by atoms with van der Waals surface area (Å²) in [6.45, 7) is 2.19. The summed E-state index contributed by atoms with van der Waals surface area (Å²) in [5.41, 5.74) is 2.96. The number of aromatic nitrogens is 1. The first-order valence-electron chi connectivity index (χ1n) is 13.7. The molecule has 0 saturated heterocycles. The second-order valence-corrected chi connectivity index (χ2v) is 11.8. The maximum absolute atomic E-state index is 14.1. The molecule has 0 bridgehead atoms. The summed E-state index contributed by atoms with van der Waals surface area (Å²) in [4.78, 5) is 32.3. The van der Waals surface area contributed by atoms with Crippen LogP contribution in [0.3, 0.4) is 0 Å². The second-order valence-electron chi connectivity index (χ2n) is 9.93. The van der Waals surface area contributed by atoms with Crippen molar-refractivity contribution in [3.63, 3.8) is 0 Å². The van der Waals surface area contributed by atoms with Gasteiger partial charge in [-0.2, -0.15) is 0 Å². The zero-order valence-electron chi connectivity index (χ0n) is 23.3. The Morgan fingerprint density at radius 2 is 1.77 bits per heavy atom. The molecule has 9 heteroatoms. The Morgan fingerprint density at radius 3 is 2.53 bits per heavy atom. The number of esters is 1. The quantitative estimate of drug-likeness (QED) is 0.185. The van der Waals surface area contributed by atoms with Crippen LogP contribution in [0.5, 0.6) is 5.75 Å². The molecule has 0 amide bonds. The number of hydrogen-bond acceptors (Lipinski definition) is 6. The van der Waals surface area contributed by atoms with E-state index in [9.17, 15) is 9.59 Å². The molecule has 1 aliphatic heterocycles. The van der Waals surface area contributed by atoms with E-state index >= 15 is 0 Å². The van der Waals surface area contributed by atoms with Gasteiger partial charge in [-0.25, -0.2) is 9.79 Å². The summed E-state index contributed by atoms with van der Waals surface area (Å²) in [6, 6.07) is 26.2. The molecule has 4 aromatic carbocycles. The van der Waals surface area contributed by atoms with Gasteiger partial charge in [0.1, 0.15) is 12.4 Å². The molecule has 0 saturated carbocycles. The number of allylic oxidation sites excluding steroid dienone is 1. The molecule has 0 radical (unpaired) electrons. The van der Waals surface area contributed by atoms with Crippen molar-refractivity contribution in [1.29, 1.82) is 0 Å². The Balaban J connectivity index is 1.48. The highest BCUT2D eigenvalue weighted by molar-refractivity contribution is 7.07. The van der Waals surface area contributed by atoms with Crippen LogP contribution in [-0.4, -0.2) is 17.6 Å². The molecule has 0 unspecified atom stereocenters. The number of benzene rings is 4. The maximum Gasteiger partial charge on any atom is 0.338 e. The van der Waals surface area contributed by atoms with E-state index in [-0.39, 0.29) is 12.2 Å². The predicted octanol–water partition coefficient (Wildman–Crippen LogP) is 6.84. The first kappa shape index (κ1) is 28.9. The van der Waals surface area contributed by atoms with Crippen molar-refractivity contribution in [2.45, 2.75) is 26.0 Å². The number of ether oxygens (including phenoxy) is 2. The van der Waals surface area contributed by atoms with Gasteiger partial charge in [0.05, 0.1) is 34.0 Å². The molecule has 2 heterocycles. The summed E-state index contributed by atoms with van der Waals surface area (Å²) in [5, 5.41) is 2.93. The lowest BCUT2D eigenvalue weighted by Gasteiger charge is -2.25. The average molecular weight is 630 g/mol. The summed E-state index contributed by atoms with van der Waals surface area (Å²) >= 11 is 14.3. The third kappa shape index (κ3) is 5.52. The van der Waals surface area contributed by atoms with Gasteiger partial charge in [0, 0.05) is 10.6 Å². The summed E-state index contributed by atoms with van der Waals surface area (Å²) in [6.07, 6.45) is 2.21. The number of carbonyl (C=O) groups excluding carboxylic acids is 1. The van der Waals surface area contributed by atoms with E-state index in [0.29, 0.717) is 48.4 Å². The van der Waals surface area contributed by atoms with Gasteiger partial charge in [-0.1, -0.05) is 114 Å². The van der Waals surface area contributed by atoms with E-state index in [4.69, 9.17) is 37.7 Å². The molecule has 6 nitrogen and oxygen atoms in total. The summed E-state index contributed by atoms with van der Waals surface area (Å²) in [7, 11) is 1.33. The number of thiazole rings is 1. The number of nitrogens with zero attached hydrogens (tertiary/aromatic N) is 2. The lowest BCUT2D eigenvalue weighted by atomic mass is 9.95. The zero-order valence-corrected chi connectivity index (χ0v) is 25.7. The highest BCUT2D eigenvalue weighted by Gasteiger charge is 2.33. The normalized spacial score (nSPS) is 14.9. The molecule has 1 atom stereocenters. The van der Waals surface area contributed by atoms with Crippen LogP contribution in [0.25, 0.3) is 16.8 Å². The van der Waals surface area contributed by atoms with Crippen LogP contribution >= 0.6 is 34.5 Å². The van der Waals surface area contributed by atoms with Crippen LogP contribution in [-0.2, 0) is 16.1 Å². The number of halogens is 2. The zero-order chi connectivity index (χ0) is 30.1. The third-order valence-corrected chi connectivity index (χ3v) is 8.82. The molecule has 6 rings (SSSR count). The van der Waals surface area contributed by atoms with E-state index < -0.39 is 12.0 Å². The van der Waals surface area contributed by atoms with Crippen molar-refractivity contribution in [2.24, 2.45) is 4.99 Å². The van der Waals surface area contributed by atoms with Crippen molar-refractivity contribution in [2.75, 3.05) is 7.11 Å². The van der Waals surface area contributed by atoms with E-state index in [1.54, 1.807) is 22.8 Å². The maximum atomic E-state index is 14.1. The van der Waals surface area contributed by atoms with Crippen molar-refractivity contribution in [1.82, 2.24) is 4.57 Å². The first-order valence-corrected chi connectivity index (χ1v) is 15.2. The lowest BCUT2D eigenvalue weighted by Crippen LogP contribution is -2.40. The number of carbonyl (C=O) groups is 1. The fourth-order valence-electron chi connectivity index (χ4n) is 5.36. The number of rotatable bonds is 7. The Bertz CT molecular complexity index is 2080. The van der Waals surface area contributed by atoms with Gasteiger partial charge in [0.15, 0.2) is 4.80 Å². The lowest BCUT2D eigenvalue weighted by molar-refractivity contribution is -0.136. The minimum absolute atomic E-state index is 0.265. The molecule has 0 spiro atoms. The van der Waals surface area contributed by atoms with Crippen molar-refractivity contribution >= 4 is 57.4 Å². The molecule has 5 aromatic rings. The molecule has 0 fully saturated rings. The number of fused-ring (bicyclic) bond motifs is 2. The fraction of sp³-hybridized carbons (Fsp3) is 0.147. The van der Waals surface area contributed by atoms with Gasteiger partial charge in [-0.05, 0) is 46.5 Å². The molecule has 43 heavy (non-hydrogen) atoms. The van der Waals surface area contributed by atoms with Crippen LogP contribution in [0.15, 0.2) is 106 Å². The van der Waals surface area contributed by atoms with Crippen LogP contribution in [0.1, 0.15) is 36.1 Å². The highest BCUT2D eigenvalue weighted by atomic mass is 35.5. The fourth-order valence-corrected chi connectivity index (χ4v) is 6.94. The molecular weight excluding hydrogens is 603 g/mol. The minimum atomic E-state index is -0.688. The van der Waals surface area contributed by atoms with Gasteiger partial charge in [0.25, 0.3) is 5.56 Å².